The van der Waals surface area contributed by atoms with Crippen molar-refractivity contribution in [2.45, 2.75) is 32.9 Å². The maximum absolute atomic E-state index is 12.6. The number of fused-ring (bicyclic) bond motifs is 1. The highest BCUT2D eigenvalue weighted by Gasteiger charge is 2.34. The lowest BCUT2D eigenvalue weighted by Gasteiger charge is -2.29. The molecule has 3 atom stereocenters. The molecular weight excluding hydrogens is 272 g/mol. The Morgan fingerprint density at radius 3 is 2.40 bits per heavy atom. The molecular formula is C16H23ClN2O. The van der Waals surface area contributed by atoms with Gasteiger partial charge in [-0.2, -0.15) is 0 Å². The van der Waals surface area contributed by atoms with Gasteiger partial charge in [-0.3, -0.25) is 4.79 Å². The number of likely N-dealkylation sites (tertiary alicyclic amines) is 1. The quantitative estimate of drug-likeness (QED) is 0.861. The highest BCUT2D eigenvalue weighted by Crippen LogP contribution is 2.24. The number of amides is 1. The van der Waals surface area contributed by atoms with Crippen LogP contribution in [0.15, 0.2) is 24.3 Å². The largest absolute Gasteiger partial charge is 0.341 e. The van der Waals surface area contributed by atoms with Gasteiger partial charge in [0.05, 0.1) is 6.04 Å². The fourth-order valence-corrected chi connectivity index (χ4v) is 3.16. The van der Waals surface area contributed by atoms with Gasteiger partial charge < -0.3 is 10.2 Å². The van der Waals surface area contributed by atoms with Crippen LogP contribution < -0.4 is 5.32 Å². The van der Waals surface area contributed by atoms with Crippen LogP contribution in [0.3, 0.4) is 0 Å². The van der Waals surface area contributed by atoms with E-state index in [-0.39, 0.29) is 24.4 Å². The second-order valence-corrected chi connectivity index (χ2v) is 6.10. The summed E-state index contributed by atoms with van der Waals surface area (Å²) in [5.41, 5.74) is 2.65. The molecule has 1 N–H and O–H groups in total. The Hall–Kier alpha value is -1.06. The average Bonchev–Trinajstić information content (AvgIpc) is 2.77. The van der Waals surface area contributed by atoms with E-state index in [4.69, 9.17) is 0 Å². The van der Waals surface area contributed by atoms with Gasteiger partial charge in [0.1, 0.15) is 0 Å². The lowest BCUT2D eigenvalue weighted by atomic mass is 9.95. The van der Waals surface area contributed by atoms with Crippen LogP contribution in [-0.4, -0.2) is 29.9 Å². The van der Waals surface area contributed by atoms with Crippen molar-refractivity contribution in [2.24, 2.45) is 11.8 Å². The van der Waals surface area contributed by atoms with Crippen molar-refractivity contribution in [1.29, 1.82) is 0 Å². The minimum Gasteiger partial charge on any atom is -0.341 e. The molecule has 0 spiro atoms. The zero-order chi connectivity index (χ0) is 13.4. The highest BCUT2D eigenvalue weighted by molar-refractivity contribution is 5.85. The first-order valence-electron chi connectivity index (χ1n) is 7.24. The SMILES string of the molecule is CC1CN(C(=O)C2Cc3ccccc3CN2)CC1C.Cl. The van der Waals surface area contributed by atoms with Gasteiger partial charge >= 0.3 is 0 Å². The maximum atomic E-state index is 12.6. The number of halogens is 1. The standard InChI is InChI=1S/C16H22N2O.ClH/c1-11-9-18(10-12(11)2)16(19)15-7-13-5-3-4-6-14(13)8-17-15;/h3-6,11-12,15,17H,7-10H2,1-2H3;1H. The molecule has 1 aromatic rings. The van der Waals surface area contributed by atoms with Gasteiger partial charge in [-0.1, -0.05) is 38.1 Å². The second kappa shape index (κ2) is 6.15. The zero-order valence-corrected chi connectivity index (χ0v) is 13.0. The van der Waals surface area contributed by atoms with Gasteiger partial charge in [0, 0.05) is 19.6 Å². The van der Waals surface area contributed by atoms with Crippen LogP contribution in [0.25, 0.3) is 0 Å². The smallest absolute Gasteiger partial charge is 0.240 e. The summed E-state index contributed by atoms with van der Waals surface area (Å²) in [4.78, 5) is 14.6. The first-order chi connectivity index (χ1) is 9.15. The molecule has 3 nitrogen and oxygen atoms in total. The van der Waals surface area contributed by atoms with Crippen LogP contribution in [0.1, 0.15) is 25.0 Å². The van der Waals surface area contributed by atoms with Gasteiger partial charge in [0.25, 0.3) is 0 Å². The number of nitrogens with one attached hydrogen (secondary N) is 1. The van der Waals surface area contributed by atoms with E-state index >= 15 is 0 Å². The fraction of sp³-hybridized carbons (Fsp3) is 0.562. The summed E-state index contributed by atoms with van der Waals surface area (Å²) in [6.45, 7) is 7.12. The molecule has 2 heterocycles. The number of rotatable bonds is 1. The van der Waals surface area contributed by atoms with E-state index in [1.807, 2.05) is 4.90 Å². The molecule has 20 heavy (non-hydrogen) atoms. The third-order valence-electron chi connectivity index (χ3n) is 4.68. The summed E-state index contributed by atoms with van der Waals surface area (Å²) in [5, 5.41) is 3.39. The molecule has 110 valence electrons. The molecule has 0 radical (unpaired) electrons. The van der Waals surface area contributed by atoms with Gasteiger partial charge in [-0.05, 0) is 29.4 Å². The van der Waals surface area contributed by atoms with Crippen LogP contribution in [-0.2, 0) is 17.8 Å². The van der Waals surface area contributed by atoms with Crippen molar-refractivity contribution in [1.82, 2.24) is 10.2 Å². The summed E-state index contributed by atoms with van der Waals surface area (Å²) in [5.74, 6) is 1.53. The number of carbonyl (C=O) groups is 1. The van der Waals surface area contributed by atoms with E-state index in [1.165, 1.54) is 11.1 Å². The van der Waals surface area contributed by atoms with E-state index in [1.54, 1.807) is 0 Å². The summed E-state index contributed by atoms with van der Waals surface area (Å²) < 4.78 is 0. The highest BCUT2D eigenvalue weighted by atomic mass is 35.5. The van der Waals surface area contributed by atoms with Crippen molar-refractivity contribution in [2.75, 3.05) is 13.1 Å². The van der Waals surface area contributed by atoms with Crippen molar-refractivity contribution in [3.8, 4) is 0 Å². The molecule has 1 amide bonds. The molecule has 0 bridgehead atoms. The van der Waals surface area contributed by atoms with Crippen LogP contribution in [0.2, 0.25) is 0 Å². The molecule has 0 aromatic heterocycles. The second-order valence-electron chi connectivity index (χ2n) is 6.10. The van der Waals surface area contributed by atoms with Crippen LogP contribution in [0.4, 0.5) is 0 Å². The number of hydrogen-bond acceptors (Lipinski definition) is 2. The predicted molar refractivity (Wildman–Crippen MR) is 82.9 cm³/mol. The Kier molecular flexibility index (Phi) is 4.71. The number of hydrogen-bond donors (Lipinski definition) is 1. The average molecular weight is 295 g/mol. The third kappa shape index (κ3) is 2.84. The maximum Gasteiger partial charge on any atom is 0.240 e. The van der Waals surface area contributed by atoms with Crippen LogP contribution in [0, 0.1) is 11.8 Å². The summed E-state index contributed by atoms with van der Waals surface area (Å²) in [6.07, 6.45) is 0.828. The number of nitrogens with zero attached hydrogens (tertiary/aromatic N) is 1. The minimum absolute atomic E-state index is 0. The number of benzene rings is 1. The third-order valence-corrected chi connectivity index (χ3v) is 4.68. The van der Waals surface area contributed by atoms with Crippen molar-refractivity contribution in [3.63, 3.8) is 0 Å². The monoisotopic (exact) mass is 294 g/mol. The molecule has 0 saturated carbocycles. The zero-order valence-electron chi connectivity index (χ0n) is 12.1. The van der Waals surface area contributed by atoms with Crippen molar-refractivity contribution in [3.05, 3.63) is 35.4 Å². The Balaban J connectivity index is 0.00000147. The fourth-order valence-electron chi connectivity index (χ4n) is 3.16. The van der Waals surface area contributed by atoms with Gasteiger partial charge in [0.2, 0.25) is 5.91 Å². The van der Waals surface area contributed by atoms with Gasteiger partial charge in [-0.15, -0.1) is 12.4 Å². The molecule has 3 rings (SSSR count). The Morgan fingerprint density at radius 2 is 1.75 bits per heavy atom. The van der Waals surface area contributed by atoms with E-state index in [0.717, 1.165) is 26.1 Å². The van der Waals surface area contributed by atoms with Gasteiger partial charge in [0.15, 0.2) is 0 Å². The molecule has 1 aromatic carbocycles. The van der Waals surface area contributed by atoms with Gasteiger partial charge in [-0.25, -0.2) is 0 Å². The molecule has 1 saturated heterocycles. The molecule has 4 heteroatoms. The predicted octanol–water partition coefficient (Wildman–Crippen LogP) is 2.24. The number of carbonyl (C=O) groups excluding carboxylic acids is 1. The molecule has 1 fully saturated rings. The first-order valence-corrected chi connectivity index (χ1v) is 7.24. The molecule has 2 aliphatic heterocycles. The Morgan fingerprint density at radius 1 is 1.15 bits per heavy atom. The van der Waals surface area contributed by atoms with Crippen LogP contribution >= 0.6 is 12.4 Å². The molecule has 0 aliphatic carbocycles. The Bertz CT molecular complexity index is 481. The van der Waals surface area contributed by atoms with Crippen molar-refractivity contribution < 1.29 is 4.79 Å². The van der Waals surface area contributed by atoms with Crippen LogP contribution in [0.5, 0.6) is 0 Å². The molecule has 3 unspecified atom stereocenters. The topological polar surface area (TPSA) is 32.3 Å². The lowest BCUT2D eigenvalue weighted by Crippen LogP contribution is -2.48. The van der Waals surface area contributed by atoms with E-state index < -0.39 is 0 Å². The Labute approximate surface area is 127 Å². The summed E-state index contributed by atoms with van der Waals surface area (Å²) >= 11 is 0. The lowest BCUT2D eigenvalue weighted by molar-refractivity contribution is -0.132. The van der Waals surface area contributed by atoms with E-state index in [9.17, 15) is 4.79 Å². The van der Waals surface area contributed by atoms with E-state index in [0.29, 0.717) is 11.8 Å². The van der Waals surface area contributed by atoms with E-state index in [2.05, 4.69) is 43.4 Å². The van der Waals surface area contributed by atoms with Crippen molar-refractivity contribution >= 4 is 18.3 Å². The summed E-state index contributed by atoms with van der Waals surface area (Å²) in [6, 6.07) is 8.37. The molecule has 2 aliphatic rings. The first kappa shape index (κ1) is 15.3. The summed E-state index contributed by atoms with van der Waals surface area (Å²) in [7, 11) is 0. The normalized spacial score (nSPS) is 28.7. The minimum atomic E-state index is -0.0348.